The van der Waals surface area contributed by atoms with E-state index in [1.807, 2.05) is 177 Å². The second-order valence-corrected chi connectivity index (χ2v) is 24.1. The first-order valence-electron chi connectivity index (χ1n) is 30.8. The lowest BCUT2D eigenvalue weighted by Crippen LogP contribution is -2.71. The summed E-state index contributed by atoms with van der Waals surface area (Å²) in [6.45, 7) is 28.7. The Bertz CT molecular complexity index is 2250. The third-order valence-electron chi connectivity index (χ3n) is 12.1. The normalized spacial score (nSPS) is 13.0. The number of nitrogens with one attached hydrogen (secondary N) is 4. The standard InChI is InChI=1S/4C14H20N2O3.4C3H8O/c4*1-9(2)12(15)13(17)16-11(14(18)19)8-10-6-4-3-5-7-10;4*1-3(2)4/h4*3-7,9,11-12H,8,15H2,1-2H3,(H,16,17)(H,18,19);4*3-4H,1-2H3/t4*11-,12-;;;;/m0000..../s1. The third kappa shape index (κ3) is 50.0. The number of aliphatic hydroxyl groups is 4. The highest BCUT2D eigenvalue weighted by atomic mass is 16.4. The van der Waals surface area contributed by atoms with Gasteiger partial charge in [0.2, 0.25) is 0 Å². The Morgan fingerprint density at radius 1 is 0.293 bits per heavy atom. The fourth-order valence-corrected chi connectivity index (χ4v) is 6.50. The molecular weight excluding hydrogens is 1180 g/mol. The van der Waals surface area contributed by atoms with E-state index in [9.17, 15) is 58.8 Å². The van der Waals surface area contributed by atoms with Gasteiger partial charge in [-0.05, 0) is 103 Å². The Balaban J connectivity index is -0.000000518. The van der Waals surface area contributed by atoms with Gasteiger partial charge in [-0.1, -0.05) is 177 Å². The molecule has 0 radical (unpaired) electrons. The number of benzene rings is 4. The average Bonchev–Trinajstić information content (AvgIpc) is 2.11. The van der Waals surface area contributed by atoms with Crippen molar-refractivity contribution >= 4 is 47.5 Å². The zero-order valence-electron chi connectivity index (χ0n) is 57.1. The number of amides is 4. The summed E-state index contributed by atoms with van der Waals surface area (Å²) >= 11 is 0. The van der Waals surface area contributed by atoms with Crippen LogP contribution in [-0.2, 0) is 64.0 Å². The number of aliphatic hydroxyl groups excluding tert-OH is 4. The average molecular weight is 1300 g/mol. The minimum absolute atomic E-state index is 0.0547. The summed E-state index contributed by atoms with van der Waals surface area (Å²) < 4.78 is 0. The van der Waals surface area contributed by atoms with Crippen molar-refractivity contribution in [2.75, 3.05) is 0 Å². The molecule has 0 saturated carbocycles. The van der Waals surface area contributed by atoms with Crippen molar-refractivity contribution in [3.8, 4) is 0 Å². The number of quaternary nitrogens is 4. The largest absolute Gasteiger partial charge is 0.548 e. The van der Waals surface area contributed by atoms with Gasteiger partial charge in [-0.3, -0.25) is 19.2 Å². The highest BCUT2D eigenvalue weighted by Gasteiger charge is 2.28. The van der Waals surface area contributed by atoms with E-state index in [1.165, 1.54) is 0 Å². The van der Waals surface area contributed by atoms with Crippen molar-refractivity contribution in [3.63, 3.8) is 0 Å². The van der Waals surface area contributed by atoms with Crippen LogP contribution in [0.3, 0.4) is 0 Å². The highest BCUT2D eigenvalue weighted by molar-refractivity contribution is 5.87. The first kappa shape index (κ1) is 90.7. The Labute approximate surface area is 545 Å². The summed E-state index contributed by atoms with van der Waals surface area (Å²) in [4.78, 5) is 91.6. The number of carboxylic acids is 4. The van der Waals surface area contributed by atoms with Gasteiger partial charge in [0.05, 0.1) is 48.0 Å². The fraction of sp³-hybridized carbons (Fsp3) is 0.529. The van der Waals surface area contributed by atoms with E-state index in [4.69, 9.17) is 20.4 Å². The molecule has 0 aromatic heterocycles. The molecule has 0 heterocycles. The molecule has 4 amide bonds. The number of hydrogen-bond donors (Lipinski definition) is 12. The van der Waals surface area contributed by atoms with Gasteiger partial charge in [-0.25, -0.2) is 0 Å². The molecule has 0 aliphatic carbocycles. The Hall–Kier alpha value is -7.68. The van der Waals surface area contributed by atoms with Gasteiger partial charge >= 0.3 is 0 Å². The van der Waals surface area contributed by atoms with Gasteiger partial charge in [0.25, 0.3) is 23.6 Å². The molecule has 4 aromatic carbocycles. The molecular formula is C68H112N8O16. The molecule has 0 bridgehead atoms. The molecule has 24 heteroatoms. The zero-order chi connectivity index (χ0) is 72.0. The molecule has 0 saturated heterocycles. The summed E-state index contributed by atoms with van der Waals surface area (Å²) in [5.74, 6) is -6.36. The van der Waals surface area contributed by atoms with Crippen LogP contribution in [0.5, 0.6) is 0 Å². The maximum atomic E-state index is 11.8. The van der Waals surface area contributed by atoms with Gasteiger partial charge in [0.1, 0.15) is 0 Å². The van der Waals surface area contributed by atoms with Gasteiger partial charge in [-0.15, -0.1) is 0 Å². The lowest BCUT2D eigenvalue weighted by atomic mass is 10.0. The van der Waals surface area contributed by atoms with Crippen molar-refractivity contribution in [2.45, 2.75) is 209 Å². The second kappa shape index (κ2) is 51.9. The van der Waals surface area contributed by atoms with Gasteiger partial charge in [0.15, 0.2) is 24.2 Å². The molecule has 0 fully saturated rings. The number of carboxylic acid groups (broad SMARTS) is 4. The van der Waals surface area contributed by atoms with Crippen LogP contribution >= 0.6 is 0 Å². The van der Waals surface area contributed by atoms with Gasteiger partial charge < -0.3 is 104 Å². The molecule has 0 unspecified atom stereocenters. The monoisotopic (exact) mass is 1300 g/mol. The van der Waals surface area contributed by atoms with Crippen LogP contribution in [-0.4, -0.2) is 141 Å². The summed E-state index contributed by atoms with van der Waals surface area (Å²) in [7, 11) is 0. The van der Waals surface area contributed by atoms with Crippen molar-refractivity contribution < 1.29 is 102 Å². The Morgan fingerprint density at radius 3 is 0.511 bits per heavy atom. The zero-order valence-corrected chi connectivity index (χ0v) is 57.1. The summed E-state index contributed by atoms with van der Waals surface area (Å²) in [5.41, 5.74) is 18.3. The van der Waals surface area contributed by atoms with Crippen molar-refractivity contribution in [1.82, 2.24) is 21.3 Å². The Morgan fingerprint density at radius 2 is 0.413 bits per heavy atom. The number of carbonyl (C=O) groups is 8. The number of carbonyl (C=O) groups excluding carboxylic acids is 8. The van der Waals surface area contributed by atoms with Crippen molar-refractivity contribution in [2.24, 2.45) is 23.7 Å². The van der Waals surface area contributed by atoms with Crippen molar-refractivity contribution in [1.29, 1.82) is 0 Å². The molecule has 520 valence electrons. The topological polar surface area (TPSA) is 468 Å². The summed E-state index contributed by atoms with van der Waals surface area (Å²) in [5, 5.41) is 86.5. The second-order valence-electron chi connectivity index (χ2n) is 24.1. The SMILES string of the molecule is CC(C)O.CC(C)O.CC(C)O.CC(C)O.CC(C)[C@H]([NH3+])C(=O)N[C@@H](Cc1ccccc1)C(=O)[O-].CC(C)[C@H]([NH3+])C(=O)N[C@@H](Cc1ccccc1)C(=O)[O-].CC(C)[C@H]([NH3+])C(=O)N[C@@H](Cc1ccccc1)C(=O)[O-].CC(C)[C@H]([NH3+])C(=O)N[C@@H](Cc1ccccc1)C(=O)[O-]. The number of rotatable bonds is 24. The van der Waals surface area contributed by atoms with E-state index < -0.39 is 72.2 Å². The molecule has 0 aliphatic heterocycles. The minimum atomic E-state index is -1.28. The van der Waals surface area contributed by atoms with Crippen LogP contribution < -0.4 is 64.6 Å². The predicted octanol–water partition coefficient (Wildman–Crippen LogP) is -3.53. The van der Waals surface area contributed by atoms with E-state index >= 15 is 0 Å². The minimum Gasteiger partial charge on any atom is -0.548 e. The highest BCUT2D eigenvalue weighted by Crippen LogP contribution is 2.09. The maximum absolute atomic E-state index is 11.8. The number of hydrogen-bond acceptors (Lipinski definition) is 16. The lowest BCUT2D eigenvalue weighted by molar-refractivity contribution is -0.414. The quantitative estimate of drug-likeness (QED) is 0.0323. The van der Waals surface area contributed by atoms with E-state index in [1.54, 1.807) is 55.4 Å². The molecule has 8 atom stereocenters. The first-order valence-corrected chi connectivity index (χ1v) is 30.8. The number of aliphatic carboxylic acids is 4. The fourth-order valence-electron chi connectivity index (χ4n) is 6.50. The maximum Gasteiger partial charge on any atom is 0.278 e. The molecule has 0 spiro atoms. The van der Waals surface area contributed by atoms with E-state index in [-0.39, 0.29) is 97.4 Å². The Kier molecular flexibility index (Phi) is 51.2. The van der Waals surface area contributed by atoms with Crippen LogP contribution in [0.2, 0.25) is 0 Å². The van der Waals surface area contributed by atoms with Gasteiger partial charge in [0, 0.05) is 48.1 Å². The molecule has 4 aromatic rings. The van der Waals surface area contributed by atoms with Crippen LogP contribution in [0.1, 0.15) is 133 Å². The summed E-state index contributed by atoms with van der Waals surface area (Å²) in [6.07, 6.45) is 0.166. The molecule has 24 nitrogen and oxygen atoms in total. The first-order chi connectivity index (χ1) is 42.6. The van der Waals surface area contributed by atoms with Crippen LogP contribution in [0, 0.1) is 23.7 Å². The van der Waals surface area contributed by atoms with Crippen LogP contribution in [0.15, 0.2) is 121 Å². The predicted molar refractivity (Wildman–Crippen MR) is 344 cm³/mol. The molecule has 20 N–H and O–H groups in total. The third-order valence-corrected chi connectivity index (χ3v) is 12.1. The smallest absolute Gasteiger partial charge is 0.278 e. The van der Waals surface area contributed by atoms with E-state index in [0.717, 1.165) is 22.3 Å². The molecule has 92 heavy (non-hydrogen) atoms. The van der Waals surface area contributed by atoms with E-state index in [2.05, 4.69) is 44.2 Å². The molecule has 4 rings (SSSR count). The van der Waals surface area contributed by atoms with Crippen molar-refractivity contribution in [3.05, 3.63) is 144 Å². The molecule has 0 aliphatic rings. The van der Waals surface area contributed by atoms with Crippen LogP contribution in [0.4, 0.5) is 0 Å². The van der Waals surface area contributed by atoms with E-state index in [0.29, 0.717) is 0 Å². The lowest BCUT2D eigenvalue weighted by Gasteiger charge is -2.22. The van der Waals surface area contributed by atoms with Crippen LogP contribution in [0.25, 0.3) is 0 Å². The van der Waals surface area contributed by atoms with Gasteiger partial charge in [-0.2, -0.15) is 0 Å². The summed E-state index contributed by atoms with van der Waals surface area (Å²) in [6, 6.07) is 30.4.